The van der Waals surface area contributed by atoms with E-state index in [-0.39, 0.29) is 6.10 Å². The normalized spacial score (nSPS) is 18.1. The van der Waals surface area contributed by atoms with Gasteiger partial charge in [0.2, 0.25) is 0 Å². The van der Waals surface area contributed by atoms with Crippen LogP contribution in [0.1, 0.15) is 25.0 Å². The summed E-state index contributed by atoms with van der Waals surface area (Å²) in [7, 11) is 0. The molecule has 0 radical (unpaired) electrons. The minimum absolute atomic E-state index is 0.224. The number of fused-ring (bicyclic) bond motifs is 1. The molecule has 1 aliphatic heterocycles. The molecule has 0 bridgehead atoms. The molecule has 0 fully saturated rings. The van der Waals surface area contributed by atoms with Gasteiger partial charge in [-0.15, -0.1) is 0 Å². The van der Waals surface area contributed by atoms with E-state index in [4.69, 9.17) is 14.7 Å². The predicted octanol–water partition coefficient (Wildman–Crippen LogP) is 1.89. The Bertz CT molecular complexity index is 344. The average Bonchev–Trinajstić information content (AvgIpc) is 2.58. The van der Waals surface area contributed by atoms with Gasteiger partial charge in [0, 0.05) is 24.1 Å². The van der Waals surface area contributed by atoms with Crippen LogP contribution in [-0.2, 0) is 13.0 Å². The first-order valence-corrected chi connectivity index (χ1v) is 5.56. The zero-order valence-electron chi connectivity index (χ0n) is 9.62. The van der Waals surface area contributed by atoms with Crippen molar-refractivity contribution in [2.24, 2.45) is 0 Å². The summed E-state index contributed by atoms with van der Waals surface area (Å²) in [6.07, 6.45) is 1.14. The second-order valence-corrected chi connectivity index (χ2v) is 3.97. The Labute approximate surface area is 95.1 Å². The fourth-order valence-corrected chi connectivity index (χ4v) is 1.99. The number of hydroxylamine groups is 1. The number of hydrogen-bond acceptors (Lipinski definition) is 4. The lowest BCUT2D eigenvalue weighted by atomic mass is 10.1. The molecule has 88 valence electrons. The summed E-state index contributed by atoms with van der Waals surface area (Å²) in [6, 6.07) is 3.95. The van der Waals surface area contributed by atoms with Gasteiger partial charge in [-0.3, -0.25) is 0 Å². The average molecular weight is 223 g/mol. The van der Waals surface area contributed by atoms with Crippen molar-refractivity contribution in [1.29, 1.82) is 0 Å². The van der Waals surface area contributed by atoms with E-state index in [1.54, 1.807) is 0 Å². The molecule has 1 aliphatic rings. The highest BCUT2D eigenvalue weighted by Crippen LogP contribution is 2.34. The molecular weight excluding hydrogens is 206 g/mol. The van der Waals surface area contributed by atoms with E-state index in [0.717, 1.165) is 23.5 Å². The molecule has 1 aromatic rings. The van der Waals surface area contributed by atoms with Gasteiger partial charge < -0.3 is 14.7 Å². The fourth-order valence-electron chi connectivity index (χ4n) is 1.99. The van der Waals surface area contributed by atoms with Crippen molar-refractivity contribution in [1.82, 2.24) is 5.48 Å². The van der Waals surface area contributed by atoms with Gasteiger partial charge in [-0.1, -0.05) is 0 Å². The van der Waals surface area contributed by atoms with Gasteiger partial charge in [-0.05, 0) is 26.0 Å². The molecule has 2 N–H and O–H groups in total. The first kappa shape index (κ1) is 11.2. The Morgan fingerprint density at radius 1 is 1.56 bits per heavy atom. The topological polar surface area (TPSA) is 50.7 Å². The molecule has 1 heterocycles. The van der Waals surface area contributed by atoms with Crippen molar-refractivity contribution in [3.05, 3.63) is 23.3 Å². The van der Waals surface area contributed by atoms with Crippen LogP contribution in [0, 0.1) is 0 Å². The van der Waals surface area contributed by atoms with E-state index in [2.05, 4.69) is 5.48 Å². The van der Waals surface area contributed by atoms with E-state index in [9.17, 15) is 0 Å². The van der Waals surface area contributed by atoms with E-state index < -0.39 is 0 Å². The van der Waals surface area contributed by atoms with E-state index in [1.807, 2.05) is 26.0 Å². The largest absolute Gasteiger partial charge is 0.494 e. The van der Waals surface area contributed by atoms with Crippen LogP contribution < -0.4 is 15.0 Å². The lowest BCUT2D eigenvalue weighted by Gasteiger charge is -2.11. The van der Waals surface area contributed by atoms with Gasteiger partial charge in [-0.2, -0.15) is 0 Å². The van der Waals surface area contributed by atoms with E-state index >= 15 is 0 Å². The third-order valence-electron chi connectivity index (χ3n) is 2.65. The Kier molecular flexibility index (Phi) is 3.31. The second kappa shape index (κ2) is 4.72. The van der Waals surface area contributed by atoms with Gasteiger partial charge in [0.15, 0.2) is 0 Å². The van der Waals surface area contributed by atoms with Gasteiger partial charge >= 0.3 is 0 Å². The smallest absolute Gasteiger partial charge is 0.124 e. The van der Waals surface area contributed by atoms with Crippen LogP contribution in [0.15, 0.2) is 12.1 Å². The Hall–Kier alpha value is -1.26. The molecule has 4 heteroatoms. The number of nitrogens with one attached hydrogen (secondary N) is 1. The monoisotopic (exact) mass is 223 g/mol. The lowest BCUT2D eigenvalue weighted by molar-refractivity contribution is 0.159. The third-order valence-corrected chi connectivity index (χ3v) is 2.65. The summed E-state index contributed by atoms with van der Waals surface area (Å²) in [6.45, 7) is 4.97. The Morgan fingerprint density at radius 2 is 2.38 bits per heavy atom. The summed E-state index contributed by atoms with van der Waals surface area (Å²) in [5.41, 5.74) is 4.24. The maximum Gasteiger partial charge on any atom is 0.124 e. The van der Waals surface area contributed by atoms with Crippen molar-refractivity contribution in [2.75, 3.05) is 6.61 Å². The molecular formula is C12H17NO3. The molecule has 1 unspecified atom stereocenters. The number of ether oxygens (including phenoxy) is 2. The first-order valence-electron chi connectivity index (χ1n) is 5.56. The SMILES string of the molecule is CCOc1cc2c(cc1CNO)OC(C)C2. The lowest BCUT2D eigenvalue weighted by Crippen LogP contribution is -2.08. The molecule has 0 spiro atoms. The van der Waals surface area contributed by atoms with Crippen LogP contribution in [0.5, 0.6) is 11.5 Å². The van der Waals surface area contributed by atoms with Crippen LogP contribution in [0.4, 0.5) is 0 Å². The summed E-state index contributed by atoms with van der Waals surface area (Å²) in [5.74, 6) is 1.72. The van der Waals surface area contributed by atoms with Crippen molar-refractivity contribution in [3.8, 4) is 11.5 Å². The van der Waals surface area contributed by atoms with E-state index in [0.29, 0.717) is 13.2 Å². The zero-order valence-corrected chi connectivity index (χ0v) is 9.62. The molecule has 2 rings (SSSR count). The van der Waals surface area contributed by atoms with Crippen LogP contribution in [0.3, 0.4) is 0 Å². The highest BCUT2D eigenvalue weighted by molar-refractivity contribution is 5.48. The summed E-state index contributed by atoms with van der Waals surface area (Å²) in [5, 5.41) is 8.77. The van der Waals surface area contributed by atoms with Crippen LogP contribution in [0.2, 0.25) is 0 Å². The maximum absolute atomic E-state index is 8.77. The van der Waals surface area contributed by atoms with Gasteiger partial charge in [0.1, 0.15) is 17.6 Å². The van der Waals surface area contributed by atoms with Crippen LogP contribution in [0.25, 0.3) is 0 Å². The number of hydrogen-bond donors (Lipinski definition) is 2. The van der Waals surface area contributed by atoms with Gasteiger partial charge in [-0.25, -0.2) is 5.48 Å². The second-order valence-electron chi connectivity index (χ2n) is 3.97. The highest BCUT2D eigenvalue weighted by atomic mass is 16.5. The molecule has 1 aromatic carbocycles. The quantitative estimate of drug-likeness (QED) is 0.765. The minimum atomic E-state index is 0.224. The molecule has 0 saturated heterocycles. The summed E-state index contributed by atoms with van der Waals surface area (Å²) >= 11 is 0. The summed E-state index contributed by atoms with van der Waals surface area (Å²) < 4.78 is 11.2. The minimum Gasteiger partial charge on any atom is -0.494 e. The standard InChI is InChI=1S/C12H17NO3/c1-3-15-11-5-9-4-8(2)16-12(9)6-10(11)7-13-14/h5-6,8,13-14H,3-4,7H2,1-2H3. The molecule has 0 aromatic heterocycles. The van der Waals surface area contributed by atoms with Crippen molar-refractivity contribution in [2.45, 2.75) is 32.9 Å². The third kappa shape index (κ3) is 2.13. The molecule has 1 atom stereocenters. The first-order chi connectivity index (χ1) is 7.74. The zero-order chi connectivity index (χ0) is 11.5. The number of rotatable bonds is 4. The van der Waals surface area contributed by atoms with Crippen molar-refractivity contribution in [3.63, 3.8) is 0 Å². The van der Waals surface area contributed by atoms with Crippen molar-refractivity contribution >= 4 is 0 Å². The van der Waals surface area contributed by atoms with Crippen LogP contribution in [-0.4, -0.2) is 17.9 Å². The predicted molar refractivity (Wildman–Crippen MR) is 60.0 cm³/mol. The van der Waals surface area contributed by atoms with Crippen molar-refractivity contribution < 1.29 is 14.7 Å². The van der Waals surface area contributed by atoms with Gasteiger partial charge in [0.25, 0.3) is 0 Å². The van der Waals surface area contributed by atoms with Gasteiger partial charge in [0.05, 0.1) is 6.61 Å². The molecule has 0 aliphatic carbocycles. The highest BCUT2D eigenvalue weighted by Gasteiger charge is 2.21. The number of benzene rings is 1. The Morgan fingerprint density at radius 3 is 3.06 bits per heavy atom. The summed E-state index contributed by atoms with van der Waals surface area (Å²) in [4.78, 5) is 0. The fraction of sp³-hybridized carbons (Fsp3) is 0.500. The van der Waals surface area contributed by atoms with Crippen LogP contribution >= 0.6 is 0 Å². The Balaban J connectivity index is 2.33. The maximum atomic E-state index is 8.77. The molecule has 0 amide bonds. The molecule has 4 nitrogen and oxygen atoms in total. The molecule has 0 saturated carbocycles. The molecule has 16 heavy (non-hydrogen) atoms. The van der Waals surface area contributed by atoms with E-state index in [1.165, 1.54) is 5.56 Å².